The minimum Gasteiger partial charge on any atom is -0.386 e. The van der Waals surface area contributed by atoms with Crippen LogP contribution in [0.15, 0.2) is 11.6 Å². The summed E-state index contributed by atoms with van der Waals surface area (Å²) in [6.07, 6.45) is 3.66. The van der Waals surface area contributed by atoms with E-state index in [0.29, 0.717) is 12.8 Å². The van der Waals surface area contributed by atoms with E-state index in [9.17, 15) is 18.3 Å². The van der Waals surface area contributed by atoms with Gasteiger partial charge in [-0.05, 0) is 56.9 Å². The number of alkyl halides is 3. The van der Waals surface area contributed by atoms with Gasteiger partial charge in [0.05, 0.1) is 11.5 Å². The molecular formula is C14H21F3O. The first-order chi connectivity index (χ1) is 8.42. The third-order valence-electron chi connectivity index (χ3n) is 4.33. The van der Waals surface area contributed by atoms with Gasteiger partial charge in [-0.25, -0.2) is 0 Å². The third-order valence-corrected chi connectivity index (χ3v) is 4.33. The van der Waals surface area contributed by atoms with Crippen molar-refractivity contribution in [3.8, 4) is 0 Å². The minimum absolute atomic E-state index is 0.137. The van der Waals surface area contributed by atoms with Crippen molar-refractivity contribution in [2.24, 2.45) is 5.92 Å². The van der Waals surface area contributed by atoms with Gasteiger partial charge < -0.3 is 5.11 Å². The standard InChI is InChI=1S/C14H21F3O/c15-14(16,17)12-8-5-9-13(18,10-12)11-6-3-1-2-4-7-11/h6,12,18H,1-5,7-10H2. The van der Waals surface area contributed by atoms with Crippen molar-refractivity contribution in [3.05, 3.63) is 11.6 Å². The summed E-state index contributed by atoms with van der Waals surface area (Å²) >= 11 is 0. The molecule has 2 unspecified atom stereocenters. The normalized spacial score (nSPS) is 34.9. The van der Waals surface area contributed by atoms with Crippen LogP contribution in [0.5, 0.6) is 0 Å². The average Bonchev–Trinajstić information content (AvgIpc) is 2.57. The zero-order chi connectivity index (χ0) is 13.2. The monoisotopic (exact) mass is 262 g/mol. The second-order valence-electron chi connectivity index (χ2n) is 5.70. The Kier molecular flexibility index (Phi) is 4.05. The largest absolute Gasteiger partial charge is 0.391 e. The van der Waals surface area contributed by atoms with E-state index in [1.54, 1.807) is 0 Å². The van der Waals surface area contributed by atoms with E-state index in [1.807, 2.05) is 6.08 Å². The summed E-state index contributed by atoms with van der Waals surface area (Å²) in [7, 11) is 0. The van der Waals surface area contributed by atoms with Crippen molar-refractivity contribution in [2.45, 2.75) is 69.6 Å². The maximum Gasteiger partial charge on any atom is 0.391 e. The molecule has 0 aliphatic heterocycles. The molecule has 2 aliphatic rings. The summed E-state index contributed by atoms with van der Waals surface area (Å²) in [5.74, 6) is -1.33. The highest BCUT2D eigenvalue weighted by Gasteiger charge is 2.48. The predicted octanol–water partition coefficient (Wildman–Crippen LogP) is 4.36. The number of rotatable bonds is 1. The van der Waals surface area contributed by atoms with Crippen molar-refractivity contribution in [3.63, 3.8) is 0 Å². The molecule has 1 N–H and O–H groups in total. The number of hydrogen-bond acceptors (Lipinski definition) is 1. The Morgan fingerprint density at radius 1 is 1.17 bits per heavy atom. The summed E-state index contributed by atoms with van der Waals surface area (Å²) in [4.78, 5) is 0. The summed E-state index contributed by atoms with van der Waals surface area (Å²) in [5, 5.41) is 10.6. The van der Waals surface area contributed by atoms with Crippen LogP contribution in [-0.4, -0.2) is 16.9 Å². The van der Waals surface area contributed by atoms with Gasteiger partial charge in [-0.15, -0.1) is 0 Å². The topological polar surface area (TPSA) is 20.2 Å². The Labute approximate surface area is 106 Å². The van der Waals surface area contributed by atoms with Crippen molar-refractivity contribution >= 4 is 0 Å². The van der Waals surface area contributed by atoms with E-state index in [0.717, 1.165) is 37.7 Å². The maximum absolute atomic E-state index is 12.8. The molecule has 0 aromatic rings. The first-order valence-corrected chi connectivity index (χ1v) is 6.90. The molecule has 1 fully saturated rings. The van der Waals surface area contributed by atoms with Gasteiger partial charge in [-0.3, -0.25) is 0 Å². The molecule has 104 valence electrons. The van der Waals surface area contributed by atoms with Crippen LogP contribution >= 0.6 is 0 Å². The number of allylic oxidation sites excluding steroid dienone is 1. The van der Waals surface area contributed by atoms with Crippen LogP contribution in [0, 0.1) is 5.92 Å². The van der Waals surface area contributed by atoms with Crippen LogP contribution in [0.1, 0.15) is 57.8 Å². The van der Waals surface area contributed by atoms with Gasteiger partial charge in [-0.1, -0.05) is 12.5 Å². The quantitative estimate of drug-likeness (QED) is 0.696. The molecule has 2 aliphatic carbocycles. The van der Waals surface area contributed by atoms with Gasteiger partial charge in [0.25, 0.3) is 0 Å². The molecule has 0 aromatic carbocycles. The van der Waals surface area contributed by atoms with Crippen molar-refractivity contribution in [1.82, 2.24) is 0 Å². The van der Waals surface area contributed by atoms with Crippen molar-refractivity contribution in [1.29, 1.82) is 0 Å². The van der Waals surface area contributed by atoms with E-state index in [2.05, 4.69) is 0 Å². The van der Waals surface area contributed by atoms with Crippen LogP contribution in [-0.2, 0) is 0 Å². The van der Waals surface area contributed by atoms with Gasteiger partial charge in [0, 0.05) is 0 Å². The van der Waals surface area contributed by atoms with E-state index < -0.39 is 17.7 Å². The Morgan fingerprint density at radius 3 is 2.67 bits per heavy atom. The zero-order valence-corrected chi connectivity index (χ0v) is 10.6. The van der Waals surface area contributed by atoms with Crippen LogP contribution in [0.2, 0.25) is 0 Å². The highest BCUT2D eigenvalue weighted by atomic mass is 19.4. The lowest BCUT2D eigenvalue weighted by molar-refractivity contribution is -0.196. The fraction of sp³-hybridized carbons (Fsp3) is 0.857. The fourth-order valence-electron chi connectivity index (χ4n) is 3.26. The lowest BCUT2D eigenvalue weighted by Crippen LogP contribution is -2.41. The van der Waals surface area contributed by atoms with Gasteiger partial charge in [0.1, 0.15) is 0 Å². The second kappa shape index (κ2) is 5.24. The first-order valence-electron chi connectivity index (χ1n) is 6.90. The zero-order valence-electron chi connectivity index (χ0n) is 10.6. The van der Waals surface area contributed by atoms with Crippen molar-refractivity contribution < 1.29 is 18.3 Å². The highest BCUT2D eigenvalue weighted by Crippen LogP contribution is 2.45. The smallest absolute Gasteiger partial charge is 0.386 e. The second-order valence-corrected chi connectivity index (χ2v) is 5.70. The average molecular weight is 262 g/mol. The first kappa shape index (κ1) is 13.9. The molecule has 18 heavy (non-hydrogen) atoms. The van der Waals surface area contributed by atoms with E-state index in [4.69, 9.17) is 0 Å². The number of hydrogen-bond donors (Lipinski definition) is 1. The molecule has 4 heteroatoms. The summed E-state index contributed by atoms with van der Waals surface area (Å²) in [6, 6.07) is 0. The molecule has 0 heterocycles. The molecule has 1 saturated carbocycles. The van der Waals surface area contributed by atoms with Crippen molar-refractivity contribution in [2.75, 3.05) is 0 Å². The summed E-state index contributed by atoms with van der Waals surface area (Å²) in [5.41, 5.74) is -0.322. The highest BCUT2D eigenvalue weighted by molar-refractivity contribution is 5.19. The molecule has 0 radical (unpaired) electrons. The van der Waals surface area contributed by atoms with Crippen LogP contribution < -0.4 is 0 Å². The Morgan fingerprint density at radius 2 is 1.94 bits per heavy atom. The van der Waals surface area contributed by atoms with Gasteiger partial charge in [0.2, 0.25) is 0 Å². The third kappa shape index (κ3) is 3.08. The number of halogens is 3. The Hall–Kier alpha value is -0.510. The predicted molar refractivity (Wildman–Crippen MR) is 64.1 cm³/mol. The fourth-order valence-corrected chi connectivity index (χ4v) is 3.26. The lowest BCUT2D eigenvalue weighted by Gasteiger charge is -2.39. The van der Waals surface area contributed by atoms with Gasteiger partial charge in [-0.2, -0.15) is 13.2 Å². The summed E-state index contributed by atoms with van der Waals surface area (Å²) < 4.78 is 38.4. The molecule has 0 aromatic heterocycles. The van der Waals surface area contributed by atoms with Gasteiger partial charge in [0.15, 0.2) is 0 Å². The SMILES string of the molecule is OC1(C2=CCCCCC2)CCCC(C(F)(F)F)C1. The Bertz CT molecular complexity index is 321. The van der Waals surface area contributed by atoms with Gasteiger partial charge >= 0.3 is 6.18 Å². The molecule has 2 atom stereocenters. The summed E-state index contributed by atoms with van der Waals surface area (Å²) in [6.45, 7) is 0. The minimum atomic E-state index is -4.17. The molecule has 2 rings (SSSR count). The molecule has 0 saturated heterocycles. The van der Waals surface area contributed by atoms with E-state index in [-0.39, 0.29) is 12.8 Å². The molecular weight excluding hydrogens is 241 g/mol. The molecule has 0 bridgehead atoms. The molecule has 1 nitrogen and oxygen atoms in total. The lowest BCUT2D eigenvalue weighted by atomic mass is 9.72. The molecule has 0 spiro atoms. The van der Waals surface area contributed by atoms with Crippen LogP contribution in [0.25, 0.3) is 0 Å². The molecule has 0 amide bonds. The van der Waals surface area contributed by atoms with Crippen LogP contribution in [0.3, 0.4) is 0 Å². The number of aliphatic hydroxyl groups is 1. The Balaban J connectivity index is 2.12. The van der Waals surface area contributed by atoms with E-state index >= 15 is 0 Å². The van der Waals surface area contributed by atoms with E-state index in [1.165, 1.54) is 0 Å². The maximum atomic E-state index is 12.8. The van der Waals surface area contributed by atoms with Crippen LogP contribution in [0.4, 0.5) is 13.2 Å².